The Balaban J connectivity index is 1.46. The van der Waals surface area contributed by atoms with Crippen LogP contribution in [-0.2, 0) is 28.7 Å². The van der Waals surface area contributed by atoms with Crippen LogP contribution in [0, 0.1) is 42.6 Å². The van der Waals surface area contributed by atoms with Crippen molar-refractivity contribution in [1.29, 1.82) is 0 Å². The van der Waals surface area contributed by atoms with Crippen molar-refractivity contribution in [2.75, 3.05) is 16.4 Å². The summed E-state index contributed by atoms with van der Waals surface area (Å²) in [6, 6.07) is 14.0. The Labute approximate surface area is 239 Å². The molecule has 188 valence electrons. The number of nitrogens with zero attached hydrogens (tertiary/aromatic N) is 2. The summed E-state index contributed by atoms with van der Waals surface area (Å²) in [6.07, 6.45) is 1.62. The third-order valence-electron chi connectivity index (χ3n) is 7.81. The van der Waals surface area contributed by atoms with E-state index in [1.807, 2.05) is 0 Å². The average Bonchev–Trinajstić information content (AvgIpc) is 3.32. The molecule has 0 aromatic heterocycles. The molecule has 0 N–H and O–H groups in total. The van der Waals surface area contributed by atoms with Gasteiger partial charge >= 0.3 is 5.97 Å². The van der Waals surface area contributed by atoms with Crippen LogP contribution in [0.4, 0.5) is 11.4 Å². The lowest BCUT2D eigenvalue weighted by Gasteiger charge is -2.46. The van der Waals surface area contributed by atoms with Crippen molar-refractivity contribution in [3.63, 3.8) is 0 Å². The van der Waals surface area contributed by atoms with Crippen molar-refractivity contribution in [3.05, 3.63) is 67.3 Å². The van der Waals surface area contributed by atoms with Crippen LogP contribution in [0.2, 0.25) is 0 Å². The monoisotopic (exact) mass is 722 g/mol. The van der Waals surface area contributed by atoms with Crippen molar-refractivity contribution in [3.8, 4) is 0 Å². The molecular formula is C27H20I2N2O6. The van der Waals surface area contributed by atoms with Crippen molar-refractivity contribution >= 4 is 86.2 Å². The summed E-state index contributed by atoms with van der Waals surface area (Å²) in [7, 11) is 0. The number of halogens is 2. The number of esters is 1. The Morgan fingerprint density at radius 3 is 1.51 bits per heavy atom. The average molecular weight is 722 g/mol. The summed E-state index contributed by atoms with van der Waals surface area (Å²) in [5.74, 6) is -7.52. The van der Waals surface area contributed by atoms with E-state index in [9.17, 15) is 24.0 Å². The largest absolute Gasteiger partial charge is 0.463 e. The second-order valence-corrected chi connectivity index (χ2v) is 12.0. The van der Waals surface area contributed by atoms with Gasteiger partial charge in [0.25, 0.3) is 0 Å². The number of ether oxygens (including phenoxy) is 1. The van der Waals surface area contributed by atoms with E-state index in [2.05, 4.69) is 45.2 Å². The zero-order chi connectivity index (χ0) is 26.2. The maximum atomic E-state index is 13.8. The predicted octanol–water partition coefficient (Wildman–Crippen LogP) is 3.56. The molecule has 37 heavy (non-hydrogen) atoms. The highest BCUT2D eigenvalue weighted by Gasteiger charge is 2.71. The summed E-state index contributed by atoms with van der Waals surface area (Å²) >= 11 is 4.28. The molecule has 2 heterocycles. The van der Waals surface area contributed by atoms with Gasteiger partial charge in [0.15, 0.2) is 0 Å². The van der Waals surface area contributed by atoms with Gasteiger partial charge in [0.05, 0.1) is 41.7 Å². The number of hydrogen-bond donors (Lipinski definition) is 0. The number of amides is 4. The highest BCUT2D eigenvalue weighted by atomic mass is 127. The number of anilines is 2. The predicted molar refractivity (Wildman–Crippen MR) is 149 cm³/mol. The van der Waals surface area contributed by atoms with Gasteiger partial charge in [-0.25, -0.2) is 4.79 Å². The van der Waals surface area contributed by atoms with E-state index >= 15 is 0 Å². The Morgan fingerprint density at radius 1 is 0.703 bits per heavy atom. The molecular weight excluding hydrogens is 702 g/mol. The minimum absolute atomic E-state index is 0.124. The van der Waals surface area contributed by atoms with Crippen LogP contribution in [0.15, 0.2) is 60.2 Å². The van der Waals surface area contributed by atoms with Gasteiger partial charge in [-0.1, -0.05) is 6.08 Å². The van der Waals surface area contributed by atoms with Crippen LogP contribution in [0.25, 0.3) is 0 Å². The fraction of sp³-hybridized carbons (Fsp3) is 0.296. The van der Waals surface area contributed by atoms with E-state index in [4.69, 9.17) is 4.74 Å². The number of imide groups is 2. The molecule has 2 bridgehead atoms. The number of hydrogen-bond acceptors (Lipinski definition) is 6. The maximum absolute atomic E-state index is 13.8. The molecule has 2 aliphatic heterocycles. The second-order valence-electron chi connectivity index (χ2n) is 9.53. The van der Waals surface area contributed by atoms with E-state index in [0.717, 1.165) is 16.9 Å². The van der Waals surface area contributed by atoms with E-state index in [1.165, 1.54) is 0 Å². The fourth-order valence-corrected chi connectivity index (χ4v) is 7.18. The number of allylic oxidation sites excluding steroid dienone is 1. The van der Waals surface area contributed by atoms with Crippen LogP contribution >= 0.6 is 45.2 Å². The van der Waals surface area contributed by atoms with Gasteiger partial charge in [-0.05, 0) is 101 Å². The summed E-state index contributed by atoms with van der Waals surface area (Å²) in [5.41, 5.74) is 1.08. The Kier molecular flexibility index (Phi) is 6.01. The Morgan fingerprint density at radius 2 is 1.11 bits per heavy atom. The molecule has 3 fully saturated rings. The van der Waals surface area contributed by atoms with Gasteiger partial charge in [0.1, 0.15) is 0 Å². The normalized spacial score (nSPS) is 30.0. The Hall–Kier alpha value is -2.61. The molecule has 10 heteroatoms. The lowest BCUT2D eigenvalue weighted by Crippen LogP contribution is -2.53. The minimum Gasteiger partial charge on any atom is -0.463 e. The SMILES string of the molecule is CCOC(=O)C1=CC2[C@H]3C(=O)N(c4ccc(I)cc4)C(=O)[C@@H]3C1[C@@H]1C(=O)N(c3ccc(I)cc3)C(=O)[C@@H]21. The fourth-order valence-electron chi connectivity index (χ4n) is 6.46. The first-order chi connectivity index (χ1) is 17.7. The number of benzene rings is 2. The van der Waals surface area contributed by atoms with Crippen LogP contribution in [0.5, 0.6) is 0 Å². The molecule has 7 rings (SSSR count). The van der Waals surface area contributed by atoms with Crippen LogP contribution in [0.1, 0.15) is 6.92 Å². The summed E-state index contributed by atoms with van der Waals surface area (Å²) in [5, 5.41) is 0. The minimum atomic E-state index is -0.922. The molecule has 2 aromatic carbocycles. The molecule has 4 amide bonds. The molecule has 0 radical (unpaired) electrons. The first kappa shape index (κ1) is 24.7. The summed E-state index contributed by atoms with van der Waals surface area (Å²) in [6.45, 7) is 1.80. The van der Waals surface area contributed by atoms with E-state index in [-0.39, 0.29) is 12.2 Å². The third-order valence-corrected chi connectivity index (χ3v) is 9.25. The van der Waals surface area contributed by atoms with Crippen molar-refractivity contribution in [2.45, 2.75) is 6.92 Å². The quantitative estimate of drug-likeness (QED) is 0.272. The Bertz CT molecular complexity index is 1310. The van der Waals surface area contributed by atoms with Gasteiger partial charge < -0.3 is 4.74 Å². The molecule has 3 aliphatic carbocycles. The molecule has 8 nitrogen and oxygen atoms in total. The van der Waals surface area contributed by atoms with E-state index in [0.29, 0.717) is 11.4 Å². The lowest BCUT2D eigenvalue weighted by atomic mass is 9.52. The first-order valence-corrected chi connectivity index (χ1v) is 14.1. The van der Waals surface area contributed by atoms with Crippen LogP contribution in [0.3, 0.4) is 0 Å². The molecule has 2 saturated heterocycles. The molecule has 2 unspecified atom stereocenters. The van der Waals surface area contributed by atoms with Crippen LogP contribution < -0.4 is 9.80 Å². The molecule has 0 spiro atoms. The van der Waals surface area contributed by atoms with Crippen molar-refractivity contribution < 1.29 is 28.7 Å². The van der Waals surface area contributed by atoms with E-state index in [1.54, 1.807) is 61.5 Å². The van der Waals surface area contributed by atoms with Gasteiger partial charge in [0, 0.05) is 24.5 Å². The third kappa shape index (κ3) is 3.54. The summed E-state index contributed by atoms with van der Waals surface area (Å²) < 4.78 is 7.18. The zero-order valence-electron chi connectivity index (χ0n) is 19.5. The second kappa shape index (κ2) is 9.00. The molecule has 5 aliphatic rings. The van der Waals surface area contributed by atoms with Gasteiger partial charge in [-0.15, -0.1) is 0 Å². The van der Waals surface area contributed by atoms with Crippen LogP contribution in [-0.4, -0.2) is 36.2 Å². The number of carbonyl (C=O) groups excluding carboxylic acids is 5. The molecule has 1 saturated carbocycles. The molecule has 2 aromatic rings. The van der Waals surface area contributed by atoms with Gasteiger partial charge in [-0.3, -0.25) is 29.0 Å². The maximum Gasteiger partial charge on any atom is 0.334 e. The number of carbonyl (C=O) groups is 5. The zero-order valence-corrected chi connectivity index (χ0v) is 23.8. The van der Waals surface area contributed by atoms with Gasteiger partial charge in [-0.2, -0.15) is 0 Å². The highest BCUT2D eigenvalue weighted by molar-refractivity contribution is 14.1. The van der Waals surface area contributed by atoms with Crippen molar-refractivity contribution in [2.24, 2.45) is 35.5 Å². The topological polar surface area (TPSA) is 101 Å². The lowest BCUT2D eigenvalue weighted by molar-refractivity contribution is -0.146. The van der Waals surface area contributed by atoms with Crippen molar-refractivity contribution in [1.82, 2.24) is 0 Å². The van der Waals surface area contributed by atoms with Gasteiger partial charge in [0.2, 0.25) is 23.6 Å². The van der Waals surface area contributed by atoms with E-state index < -0.39 is 65.1 Å². The smallest absolute Gasteiger partial charge is 0.334 e. The number of rotatable bonds is 4. The molecule has 6 atom stereocenters. The highest BCUT2D eigenvalue weighted by Crippen LogP contribution is 2.60. The standard InChI is InChI=1S/C27H20I2N2O6/c1-2-37-27(36)17-11-16-19-21(25(34)30(23(19)32)14-7-3-12(28)4-8-14)18(17)22-20(16)24(33)31(26(22)35)15-9-5-13(29)6-10-15/h3-11,16,18-22H,2H2,1H3/t16?,18?,19-,20+,21-,22+. The summed E-state index contributed by atoms with van der Waals surface area (Å²) in [4.78, 5) is 70.5. The first-order valence-electron chi connectivity index (χ1n) is 11.9.